The third-order valence-electron chi connectivity index (χ3n) is 4.41. The van der Waals surface area contributed by atoms with Crippen molar-refractivity contribution in [3.8, 4) is 0 Å². The van der Waals surface area contributed by atoms with Gasteiger partial charge >= 0.3 is 0 Å². The molecule has 0 spiro atoms. The van der Waals surface area contributed by atoms with Crippen LogP contribution in [0.15, 0.2) is 43.1 Å². The lowest BCUT2D eigenvalue weighted by Crippen LogP contribution is -2.42. The highest BCUT2D eigenvalue weighted by Crippen LogP contribution is 2.31. The molecule has 1 fully saturated rings. The van der Waals surface area contributed by atoms with E-state index in [1.165, 1.54) is 23.8 Å². The molecular weight excluding hydrogens is 262 g/mol. The van der Waals surface area contributed by atoms with Crippen molar-refractivity contribution < 1.29 is 0 Å². The van der Waals surface area contributed by atoms with Crippen molar-refractivity contribution in [2.24, 2.45) is 0 Å². The quantitative estimate of drug-likeness (QED) is 0.754. The van der Waals surface area contributed by atoms with Crippen molar-refractivity contribution in [3.63, 3.8) is 0 Å². The van der Waals surface area contributed by atoms with Crippen LogP contribution < -0.4 is 5.32 Å². The van der Waals surface area contributed by atoms with Gasteiger partial charge in [0.05, 0.1) is 18.0 Å². The van der Waals surface area contributed by atoms with Gasteiger partial charge in [0.25, 0.3) is 0 Å². The molecule has 2 heterocycles. The number of H-pyrrole nitrogens is 1. The smallest absolute Gasteiger partial charge is 0.0948 e. The minimum atomic E-state index is 0.631. The lowest BCUT2D eigenvalue weighted by atomic mass is 9.86. The normalized spacial score (nSPS) is 21.5. The van der Waals surface area contributed by atoms with Crippen molar-refractivity contribution in [1.82, 2.24) is 25.1 Å². The van der Waals surface area contributed by atoms with Crippen LogP contribution >= 0.6 is 0 Å². The molecule has 1 saturated carbocycles. The maximum Gasteiger partial charge on any atom is 0.0948 e. The summed E-state index contributed by atoms with van der Waals surface area (Å²) in [6.07, 6.45) is 11.2. The predicted octanol–water partition coefficient (Wildman–Crippen LogP) is 2.30. The molecular formula is C16H19N5. The van der Waals surface area contributed by atoms with Crippen LogP contribution in [0.5, 0.6) is 0 Å². The molecule has 0 aliphatic heterocycles. The zero-order valence-electron chi connectivity index (χ0n) is 11.9. The molecule has 2 N–H and O–H groups in total. The Labute approximate surface area is 123 Å². The van der Waals surface area contributed by atoms with Crippen molar-refractivity contribution in [2.75, 3.05) is 6.54 Å². The molecule has 2 aromatic heterocycles. The second-order valence-electron chi connectivity index (χ2n) is 5.83. The van der Waals surface area contributed by atoms with Gasteiger partial charge in [-0.15, -0.1) is 0 Å². The first-order valence-electron chi connectivity index (χ1n) is 7.51. The van der Waals surface area contributed by atoms with E-state index in [4.69, 9.17) is 0 Å². The Morgan fingerprint density at radius 2 is 2.29 bits per heavy atom. The van der Waals surface area contributed by atoms with E-state index < -0.39 is 0 Å². The van der Waals surface area contributed by atoms with Crippen molar-refractivity contribution in [1.29, 1.82) is 0 Å². The number of hydrogen-bond acceptors (Lipinski definition) is 3. The molecule has 5 nitrogen and oxygen atoms in total. The maximum atomic E-state index is 4.11. The number of benzene rings is 1. The summed E-state index contributed by atoms with van der Waals surface area (Å²) in [6.45, 7) is 1.03. The first-order valence-corrected chi connectivity index (χ1v) is 7.51. The highest BCUT2D eigenvalue weighted by atomic mass is 15.1. The van der Waals surface area contributed by atoms with Gasteiger partial charge in [-0.05, 0) is 37.4 Å². The van der Waals surface area contributed by atoms with Crippen LogP contribution in [0.4, 0.5) is 0 Å². The van der Waals surface area contributed by atoms with E-state index in [0.29, 0.717) is 12.1 Å². The van der Waals surface area contributed by atoms with E-state index in [9.17, 15) is 0 Å². The minimum absolute atomic E-state index is 0.631. The van der Waals surface area contributed by atoms with Crippen LogP contribution in [0, 0.1) is 0 Å². The summed E-state index contributed by atoms with van der Waals surface area (Å²) in [5.74, 6) is 0. The fourth-order valence-electron chi connectivity index (χ4n) is 3.04. The molecule has 4 rings (SSSR count). The molecule has 5 heteroatoms. The van der Waals surface area contributed by atoms with E-state index in [2.05, 4.69) is 49.5 Å². The highest BCUT2D eigenvalue weighted by molar-refractivity contribution is 5.78. The third-order valence-corrected chi connectivity index (χ3v) is 4.41. The van der Waals surface area contributed by atoms with Crippen LogP contribution in [-0.4, -0.2) is 32.3 Å². The second-order valence-corrected chi connectivity index (χ2v) is 5.83. The highest BCUT2D eigenvalue weighted by Gasteiger charge is 2.29. The number of nitrogens with zero attached hydrogens (tertiary/aromatic N) is 3. The molecule has 0 unspecified atom stereocenters. The first-order chi connectivity index (χ1) is 10.4. The molecule has 0 bridgehead atoms. The zero-order valence-corrected chi connectivity index (χ0v) is 11.9. The van der Waals surface area contributed by atoms with Gasteiger partial charge in [0.1, 0.15) is 0 Å². The van der Waals surface area contributed by atoms with Gasteiger partial charge < -0.3 is 9.88 Å². The molecule has 3 aromatic rings. The first kappa shape index (κ1) is 12.6. The molecule has 0 radical (unpaired) electrons. The summed E-state index contributed by atoms with van der Waals surface area (Å²) in [6, 6.07) is 7.79. The second kappa shape index (κ2) is 5.33. The predicted molar refractivity (Wildman–Crippen MR) is 82.1 cm³/mol. The van der Waals surface area contributed by atoms with Crippen molar-refractivity contribution >= 4 is 10.9 Å². The van der Waals surface area contributed by atoms with Gasteiger partial charge in [0.15, 0.2) is 0 Å². The summed E-state index contributed by atoms with van der Waals surface area (Å²) in [5, 5.41) is 11.9. The van der Waals surface area contributed by atoms with Crippen LogP contribution in [0.2, 0.25) is 0 Å². The van der Waals surface area contributed by atoms with Gasteiger partial charge in [0, 0.05) is 29.9 Å². The van der Waals surface area contributed by atoms with E-state index >= 15 is 0 Å². The SMILES string of the molecule is c1cn(C2CC(NCCc3ccc4cn[nH]c4c3)C2)cn1. The van der Waals surface area contributed by atoms with Crippen LogP contribution in [-0.2, 0) is 6.42 Å². The van der Waals surface area contributed by atoms with Crippen LogP contribution in [0.25, 0.3) is 10.9 Å². The average Bonchev–Trinajstić information content (AvgIpc) is 3.11. The number of fused-ring (bicyclic) bond motifs is 1. The lowest BCUT2D eigenvalue weighted by molar-refractivity contribution is 0.226. The van der Waals surface area contributed by atoms with E-state index in [1.54, 1.807) is 0 Å². The summed E-state index contributed by atoms with van der Waals surface area (Å²) in [5.41, 5.74) is 2.47. The fraction of sp³-hybridized carbons (Fsp3) is 0.375. The summed E-state index contributed by atoms with van der Waals surface area (Å²) in [7, 11) is 0. The Morgan fingerprint density at radius 3 is 3.14 bits per heavy atom. The van der Waals surface area contributed by atoms with Gasteiger partial charge in [-0.25, -0.2) is 4.98 Å². The fourth-order valence-corrected chi connectivity index (χ4v) is 3.04. The molecule has 1 aliphatic rings. The Kier molecular flexibility index (Phi) is 3.20. The Hall–Kier alpha value is -2.14. The topological polar surface area (TPSA) is 58.5 Å². The Morgan fingerprint density at radius 1 is 1.33 bits per heavy atom. The number of nitrogens with one attached hydrogen (secondary N) is 2. The molecule has 0 amide bonds. The number of aromatic amines is 1. The summed E-state index contributed by atoms with van der Waals surface area (Å²) < 4.78 is 2.21. The zero-order chi connectivity index (χ0) is 14.1. The van der Waals surface area contributed by atoms with Gasteiger partial charge in [-0.1, -0.05) is 12.1 Å². The number of hydrogen-bond donors (Lipinski definition) is 2. The van der Waals surface area contributed by atoms with Gasteiger partial charge in [-0.3, -0.25) is 5.10 Å². The van der Waals surface area contributed by atoms with Crippen LogP contribution in [0.3, 0.4) is 0 Å². The molecule has 1 aliphatic carbocycles. The van der Waals surface area contributed by atoms with E-state index in [1.807, 2.05) is 18.7 Å². The molecule has 108 valence electrons. The average molecular weight is 281 g/mol. The van der Waals surface area contributed by atoms with Crippen LogP contribution in [0.1, 0.15) is 24.4 Å². The molecule has 21 heavy (non-hydrogen) atoms. The third kappa shape index (κ3) is 2.56. The lowest BCUT2D eigenvalue weighted by Gasteiger charge is -2.36. The molecule has 0 saturated heterocycles. The largest absolute Gasteiger partial charge is 0.334 e. The molecule has 0 atom stereocenters. The van der Waals surface area contributed by atoms with Crippen molar-refractivity contribution in [2.45, 2.75) is 31.3 Å². The number of imidazole rings is 1. The van der Waals surface area contributed by atoms with Crippen molar-refractivity contribution in [3.05, 3.63) is 48.7 Å². The number of aromatic nitrogens is 4. The van der Waals surface area contributed by atoms with E-state index in [-0.39, 0.29) is 0 Å². The number of rotatable bonds is 5. The summed E-state index contributed by atoms with van der Waals surface area (Å²) in [4.78, 5) is 4.11. The Balaban J connectivity index is 1.25. The van der Waals surface area contributed by atoms with Gasteiger partial charge in [-0.2, -0.15) is 5.10 Å². The maximum absolute atomic E-state index is 4.11. The Bertz CT molecular complexity index is 709. The standard InChI is InChI=1S/C16H19N5/c1-2-13-10-19-20-16(13)7-12(1)3-4-18-14-8-15(9-14)21-6-5-17-11-21/h1-2,5-7,10-11,14-15,18H,3-4,8-9H2,(H,19,20). The monoisotopic (exact) mass is 281 g/mol. The van der Waals surface area contributed by atoms with Gasteiger partial charge in [0.2, 0.25) is 0 Å². The molecule has 1 aromatic carbocycles. The van der Waals surface area contributed by atoms with E-state index in [0.717, 1.165) is 18.5 Å². The minimum Gasteiger partial charge on any atom is -0.334 e. The summed E-state index contributed by atoms with van der Waals surface area (Å²) >= 11 is 0.